The maximum absolute atomic E-state index is 10.1. The van der Waals surface area contributed by atoms with Gasteiger partial charge in [-0.3, -0.25) is 9.48 Å². The fraction of sp³-hybridized carbons (Fsp3) is 0.429. The fourth-order valence-electron chi connectivity index (χ4n) is 0.877. The van der Waals surface area contributed by atoms with Crippen LogP contribution in [0.1, 0.15) is 5.56 Å². The van der Waals surface area contributed by atoms with Crippen molar-refractivity contribution in [3.05, 3.63) is 18.0 Å². The molecule has 5 heteroatoms. The lowest BCUT2D eigenvalue weighted by molar-refractivity contribution is -0.135. The van der Waals surface area contributed by atoms with Crippen LogP contribution in [-0.4, -0.2) is 27.4 Å². The predicted molar refractivity (Wildman–Crippen MR) is 42.6 cm³/mol. The molecule has 0 bridgehead atoms. The summed E-state index contributed by atoms with van der Waals surface area (Å²) < 4.78 is 1.68. The molecule has 0 aliphatic carbocycles. The van der Waals surface area contributed by atoms with Crippen LogP contribution in [0.25, 0.3) is 0 Å². The van der Waals surface area contributed by atoms with Gasteiger partial charge in [0, 0.05) is 25.4 Å². The van der Waals surface area contributed by atoms with E-state index in [0.717, 1.165) is 5.56 Å². The first-order valence-corrected chi connectivity index (χ1v) is 3.58. The van der Waals surface area contributed by atoms with E-state index < -0.39 is 5.97 Å². The lowest BCUT2D eigenvalue weighted by Gasteiger charge is -1.96. The number of carbonyl (C=O) groups is 1. The molecule has 12 heavy (non-hydrogen) atoms. The third-order valence-corrected chi connectivity index (χ3v) is 1.36. The Bertz CT molecular complexity index is 269. The molecule has 0 fully saturated rings. The van der Waals surface area contributed by atoms with Crippen LogP contribution in [-0.2, 0) is 18.4 Å². The molecule has 1 aromatic heterocycles. The van der Waals surface area contributed by atoms with Crippen molar-refractivity contribution in [3.8, 4) is 0 Å². The van der Waals surface area contributed by atoms with Gasteiger partial charge in [-0.05, 0) is 0 Å². The van der Waals surface area contributed by atoms with E-state index in [1.54, 1.807) is 10.9 Å². The molecule has 66 valence electrons. The van der Waals surface area contributed by atoms with Gasteiger partial charge in [0.2, 0.25) is 0 Å². The lowest BCUT2D eigenvalue weighted by Crippen LogP contribution is -2.21. The number of hydrogen-bond donors (Lipinski definition) is 2. The molecule has 0 aromatic carbocycles. The number of hydrogen-bond acceptors (Lipinski definition) is 3. The van der Waals surface area contributed by atoms with Crippen molar-refractivity contribution in [2.75, 3.05) is 6.54 Å². The molecule has 0 aliphatic rings. The fourth-order valence-corrected chi connectivity index (χ4v) is 0.877. The van der Waals surface area contributed by atoms with E-state index in [1.165, 1.54) is 0 Å². The standard InChI is InChI=1S/C7H11N3O2/c1-10-5-6(3-9-10)2-8-4-7(11)12/h3,5,8H,2,4H2,1H3,(H,11,12). The molecule has 1 rings (SSSR count). The molecular formula is C7H11N3O2. The topological polar surface area (TPSA) is 67.2 Å². The largest absolute Gasteiger partial charge is 0.480 e. The maximum Gasteiger partial charge on any atom is 0.317 e. The Balaban J connectivity index is 2.29. The zero-order valence-electron chi connectivity index (χ0n) is 6.82. The Kier molecular flexibility index (Phi) is 2.82. The highest BCUT2D eigenvalue weighted by molar-refractivity contribution is 5.68. The highest BCUT2D eigenvalue weighted by atomic mass is 16.4. The number of carboxylic acid groups (broad SMARTS) is 1. The molecule has 5 nitrogen and oxygen atoms in total. The van der Waals surface area contributed by atoms with Crippen molar-refractivity contribution >= 4 is 5.97 Å². The van der Waals surface area contributed by atoms with Crippen molar-refractivity contribution in [2.24, 2.45) is 7.05 Å². The van der Waals surface area contributed by atoms with Crippen molar-refractivity contribution in [1.29, 1.82) is 0 Å². The minimum atomic E-state index is -0.848. The van der Waals surface area contributed by atoms with Gasteiger partial charge in [0.15, 0.2) is 0 Å². The minimum Gasteiger partial charge on any atom is -0.480 e. The number of rotatable bonds is 4. The van der Waals surface area contributed by atoms with Crippen LogP contribution in [0, 0.1) is 0 Å². The molecule has 1 heterocycles. The van der Waals surface area contributed by atoms with E-state index in [9.17, 15) is 4.79 Å². The lowest BCUT2D eigenvalue weighted by atomic mass is 10.3. The van der Waals surface area contributed by atoms with Crippen LogP contribution < -0.4 is 5.32 Å². The molecule has 0 aliphatic heterocycles. The Morgan fingerprint density at radius 1 is 1.83 bits per heavy atom. The Morgan fingerprint density at radius 3 is 3.08 bits per heavy atom. The van der Waals surface area contributed by atoms with Gasteiger partial charge in [-0.1, -0.05) is 0 Å². The summed E-state index contributed by atoms with van der Waals surface area (Å²) in [6.07, 6.45) is 3.55. The Morgan fingerprint density at radius 2 is 2.58 bits per heavy atom. The summed E-state index contributed by atoms with van der Waals surface area (Å²) in [5.74, 6) is -0.848. The molecule has 0 saturated heterocycles. The van der Waals surface area contributed by atoms with Crippen molar-refractivity contribution in [1.82, 2.24) is 15.1 Å². The normalized spacial score (nSPS) is 10.1. The first kappa shape index (κ1) is 8.73. The maximum atomic E-state index is 10.1. The zero-order valence-corrected chi connectivity index (χ0v) is 6.82. The van der Waals surface area contributed by atoms with Crippen molar-refractivity contribution in [2.45, 2.75) is 6.54 Å². The average molecular weight is 169 g/mol. The van der Waals surface area contributed by atoms with Gasteiger partial charge in [0.25, 0.3) is 0 Å². The van der Waals surface area contributed by atoms with Gasteiger partial charge in [-0.25, -0.2) is 0 Å². The molecular weight excluding hydrogens is 158 g/mol. The van der Waals surface area contributed by atoms with Gasteiger partial charge in [-0.2, -0.15) is 5.10 Å². The summed E-state index contributed by atoms with van der Waals surface area (Å²) in [6.45, 7) is 0.523. The van der Waals surface area contributed by atoms with Gasteiger partial charge >= 0.3 is 5.97 Å². The Hall–Kier alpha value is -1.36. The van der Waals surface area contributed by atoms with Crippen LogP contribution in [0.5, 0.6) is 0 Å². The quantitative estimate of drug-likeness (QED) is 0.643. The van der Waals surface area contributed by atoms with Gasteiger partial charge in [0.05, 0.1) is 12.7 Å². The van der Waals surface area contributed by atoms with Crippen LogP contribution in [0.15, 0.2) is 12.4 Å². The van der Waals surface area contributed by atoms with Crippen LogP contribution in [0.2, 0.25) is 0 Å². The van der Waals surface area contributed by atoms with Crippen molar-refractivity contribution < 1.29 is 9.90 Å². The molecule has 0 amide bonds. The molecule has 0 unspecified atom stereocenters. The third kappa shape index (κ3) is 2.71. The first-order valence-electron chi connectivity index (χ1n) is 3.58. The molecule has 0 saturated carbocycles. The zero-order chi connectivity index (χ0) is 8.97. The predicted octanol–water partition coefficient (Wildman–Crippen LogP) is -0.406. The minimum absolute atomic E-state index is 0.0190. The summed E-state index contributed by atoms with van der Waals surface area (Å²) in [6, 6.07) is 0. The number of carboxylic acids is 1. The van der Waals surface area contributed by atoms with E-state index in [2.05, 4.69) is 10.4 Å². The van der Waals surface area contributed by atoms with Gasteiger partial charge in [-0.15, -0.1) is 0 Å². The second-order valence-electron chi connectivity index (χ2n) is 2.52. The molecule has 1 aromatic rings. The molecule has 0 atom stereocenters. The van der Waals surface area contributed by atoms with Crippen LogP contribution in [0.3, 0.4) is 0 Å². The molecule has 0 spiro atoms. The summed E-state index contributed by atoms with van der Waals surface area (Å²) in [4.78, 5) is 10.1. The Labute approximate surface area is 70.0 Å². The monoisotopic (exact) mass is 169 g/mol. The van der Waals surface area contributed by atoms with E-state index >= 15 is 0 Å². The summed E-state index contributed by atoms with van der Waals surface area (Å²) >= 11 is 0. The average Bonchev–Trinajstić information content (AvgIpc) is 2.35. The number of aryl methyl sites for hydroxylation is 1. The van der Waals surface area contributed by atoms with Crippen molar-refractivity contribution in [3.63, 3.8) is 0 Å². The highest BCUT2D eigenvalue weighted by Crippen LogP contribution is 1.93. The number of aromatic nitrogens is 2. The van der Waals surface area contributed by atoms with E-state index in [0.29, 0.717) is 6.54 Å². The summed E-state index contributed by atoms with van der Waals surface area (Å²) in [5.41, 5.74) is 0.985. The molecule has 0 radical (unpaired) electrons. The second-order valence-corrected chi connectivity index (χ2v) is 2.52. The summed E-state index contributed by atoms with van der Waals surface area (Å²) in [7, 11) is 1.82. The number of aliphatic carboxylic acids is 1. The highest BCUT2D eigenvalue weighted by Gasteiger charge is 1.97. The summed E-state index contributed by atoms with van der Waals surface area (Å²) in [5, 5.41) is 15.0. The SMILES string of the molecule is Cn1cc(CNCC(=O)O)cn1. The first-order chi connectivity index (χ1) is 5.68. The second kappa shape index (κ2) is 3.87. The van der Waals surface area contributed by atoms with Gasteiger partial charge < -0.3 is 10.4 Å². The van der Waals surface area contributed by atoms with Crippen LogP contribution >= 0.6 is 0 Å². The number of nitrogens with one attached hydrogen (secondary N) is 1. The third-order valence-electron chi connectivity index (χ3n) is 1.36. The smallest absolute Gasteiger partial charge is 0.317 e. The number of nitrogens with zero attached hydrogens (tertiary/aromatic N) is 2. The molecule has 2 N–H and O–H groups in total. The van der Waals surface area contributed by atoms with E-state index in [1.807, 2.05) is 13.2 Å². The van der Waals surface area contributed by atoms with E-state index in [4.69, 9.17) is 5.11 Å². The van der Waals surface area contributed by atoms with Gasteiger partial charge in [0.1, 0.15) is 0 Å². The van der Waals surface area contributed by atoms with Crippen LogP contribution in [0.4, 0.5) is 0 Å². The van der Waals surface area contributed by atoms with E-state index in [-0.39, 0.29) is 6.54 Å².